The topological polar surface area (TPSA) is 21.3 Å². The van der Waals surface area contributed by atoms with Crippen molar-refractivity contribution in [2.45, 2.75) is 58.6 Å². The molecule has 2 nitrogen and oxygen atoms in total. The molecule has 2 atom stereocenters. The number of ether oxygens (including phenoxy) is 1. The van der Waals surface area contributed by atoms with Crippen molar-refractivity contribution in [1.29, 1.82) is 0 Å². The maximum Gasteiger partial charge on any atom is 0.123 e. The van der Waals surface area contributed by atoms with Gasteiger partial charge in [0.15, 0.2) is 0 Å². The zero-order valence-electron chi connectivity index (χ0n) is 13.2. The molecular weight excluding hydrogens is 253 g/mol. The molecule has 20 heavy (non-hydrogen) atoms. The van der Waals surface area contributed by atoms with Crippen molar-refractivity contribution in [3.8, 4) is 0 Å². The van der Waals surface area contributed by atoms with E-state index in [2.05, 4.69) is 26.1 Å². The van der Waals surface area contributed by atoms with E-state index in [1.54, 1.807) is 0 Å². The Morgan fingerprint density at radius 1 is 1.20 bits per heavy atom. The Balaban J connectivity index is 2.84. The van der Waals surface area contributed by atoms with Gasteiger partial charge in [-0.2, -0.15) is 0 Å². The van der Waals surface area contributed by atoms with Crippen molar-refractivity contribution in [2.75, 3.05) is 13.2 Å². The second kappa shape index (κ2) is 8.38. The minimum atomic E-state index is -0.196. The van der Waals surface area contributed by atoms with E-state index >= 15 is 0 Å². The first-order valence-electron chi connectivity index (χ1n) is 7.67. The SMILES string of the molecule is CCCNC(Cc1ccc(F)cc1)C(C)(CC)OCC. The fourth-order valence-corrected chi connectivity index (χ4v) is 2.46. The predicted molar refractivity (Wildman–Crippen MR) is 82.5 cm³/mol. The van der Waals surface area contributed by atoms with Crippen LogP contribution >= 0.6 is 0 Å². The molecule has 3 heteroatoms. The van der Waals surface area contributed by atoms with Crippen molar-refractivity contribution in [1.82, 2.24) is 5.32 Å². The highest BCUT2D eigenvalue weighted by Gasteiger charge is 2.32. The molecule has 1 N–H and O–H groups in total. The van der Waals surface area contributed by atoms with Crippen LogP contribution in [0.15, 0.2) is 24.3 Å². The largest absolute Gasteiger partial charge is 0.374 e. The summed E-state index contributed by atoms with van der Waals surface area (Å²) in [6.07, 6.45) is 2.89. The van der Waals surface area contributed by atoms with E-state index < -0.39 is 0 Å². The second-order valence-electron chi connectivity index (χ2n) is 5.44. The van der Waals surface area contributed by atoms with Crippen molar-refractivity contribution in [3.63, 3.8) is 0 Å². The molecule has 0 aliphatic rings. The van der Waals surface area contributed by atoms with Crippen LogP contribution in [0.1, 0.15) is 46.1 Å². The highest BCUT2D eigenvalue weighted by atomic mass is 19.1. The molecule has 0 bridgehead atoms. The average molecular weight is 281 g/mol. The van der Waals surface area contributed by atoms with E-state index in [-0.39, 0.29) is 17.5 Å². The van der Waals surface area contributed by atoms with Crippen LogP contribution in [0.5, 0.6) is 0 Å². The summed E-state index contributed by atoms with van der Waals surface area (Å²) in [4.78, 5) is 0. The fourth-order valence-electron chi connectivity index (χ4n) is 2.46. The molecule has 2 unspecified atom stereocenters. The number of rotatable bonds is 9. The van der Waals surface area contributed by atoms with Gasteiger partial charge in [-0.1, -0.05) is 26.0 Å². The van der Waals surface area contributed by atoms with E-state index in [9.17, 15) is 4.39 Å². The Morgan fingerprint density at radius 2 is 1.85 bits per heavy atom. The molecule has 0 aliphatic heterocycles. The maximum absolute atomic E-state index is 13.0. The molecule has 0 saturated carbocycles. The third kappa shape index (κ3) is 4.88. The summed E-state index contributed by atoms with van der Waals surface area (Å²) in [5.41, 5.74) is 0.942. The molecule has 1 aromatic rings. The van der Waals surface area contributed by atoms with Gasteiger partial charge in [0.05, 0.1) is 5.60 Å². The third-order valence-corrected chi connectivity index (χ3v) is 3.91. The highest BCUT2D eigenvalue weighted by molar-refractivity contribution is 5.18. The first-order chi connectivity index (χ1) is 9.55. The van der Waals surface area contributed by atoms with Gasteiger partial charge in [0.1, 0.15) is 5.82 Å². The molecule has 0 spiro atoms. The molecule has 0 fully saturated rings. The van der Waals surface area contributed by atoms with Gasteiger partial charge >= 0.3 is 0 Å². The lowest BCUT2D eigenvalue weighted by molar-refractivity contribution is -0.0549. The van der Waals surface area contributed by atoms with Crippen LogP contribution in [0, 0.1) is 5.82 Å². The Bertz CT molecular complexity index is 379. The molecule has 0 aromatic heterocycles. The van der Waals surface area contributed by atoms with Crippen molar-refractivity contribution in [2.24, 2.45) is 0 Å². The summed E-state index contributed by atoms with van der Waals surface area (Å²) in [5, 5.41) is 3.59. The third-order valence-electron chi connectivity index (χ3n) is 3.91. The van der Waals surface area contributed by atoms with E-state index in [0.29, 0.717) is 6.61 Å². The highest BCUT2D eigenvalue weighted by Crippen LogP contribution is 2.23. The van der Waals surface area contributed by atoms with Gasteiger partial charge in [-0.25, -0.2) is 4.39 Å². The second-order valence-corrected chi connectivity index (χ2v) is 5.44. The average Bonchev–Trinajstić information content (AvgIpc) is 2.45. The minimum absolute atomic E-state index is 0.185. The molecule has 0 radical (unpaired) electrons. The summed E-state index contributed by atoms with van der Waals surface area (Å²) < 4.78 is 19.0. The van der Waals surface area contributed by atoms with Gasteiger partial charge in [-0.15, -0.1) is 0 Å². The molecule has 0 amide bonds. The molecule has 0 saturated heterocycles. The monoisotopic (exact) mass is 281 g/mol. The first kappa shape index (κ1) is 17.1. The Morgan fingerprint density at radius 3 is 2.35 bits per heavy atom. The van der Waals surface area contributed by atoms with Gasteiger partial charge in [0.2, 0.25) is 0 Å². The van der Waals surface area contributed by atoms with Gasteiger partial charge in [0.25, 0.3) is 0 Å². The summed E-state index contributed by atoms with van der Waals surface area (Å²) in [7, 11) is 0. The van der Waals surface area contributed by atoms with Crippen LogP contribution in [0.4, 0.5) is 4.39 Å². The Kier molecular flexibility index (Phi) is 7.17. The molecular formula is C17H28FNO. The van der Waals surface area contributed by atoms with Crippen LogP contribution in [-0.4, -0.2) is 24.8 Å². The molecule has 0 aliphatic carbocycles. The van der Waals surface area contributed by atoms with Crippen molar-refractivity contribution in [3.05, 3.63) is 35.6 Å². The number of halogens is 1. The standard InChI is InChI=1S/C17H28FNO/c1-5-12-19-16(17(4,6-2)20-7-3)13-14-8-10-15(18)11-9-14/h8-11,16,19H,5-7,12-13H2,1-4H3. The van der Waals surface area contributed by atoms with Crippen LogP contribution < -0.4 is 5.32 Å². The van der Waals surface area contributed by atoms with Gasteiger partial charge in [-0.05, 0) is 57.4 Å². The summed E-state index contributed by atoms with van der Waals surface area (Å²) in [6.45, 7) is 10.2. The number of hydrogen-bond donors (Lipinski definition) is 1. The van der Waals surface area contributed by atoms with Crippen LogP contribution in [-0.2, 0) is 11.2 Å². The van der Waals surface area contributed by atoms with Crippen LogP contribution in [0.25, 0.3) is 0 Å². The summed E-state index contributed by atoms with van der Waals surface area (Å²) in [5.74, 6) is -0.185. The number of nitrogens with one attached hydrogen (secondary N) is 1. The number of benzene rings is 1. The summed E-state index contributed by atoms with van der Waals surface area (Å²) in [6, 6.07) is 7.00. The normalized spacial score (nSPS) is 15.8. The lowest BCUT2D eigenvalue weighted by Gasteiger charge is -2.37. The van der Waals surface area contributed by atoms with Crippen molar-refractivity contribution < 1.29 is 9.13 Å². The lowest BCUT2D eigenvalue weighted by Crippen LogP contribution is -2.51. The van der Waals surface area contributed by atoms with E-state index in [1.165, 1.54) is 12.1 Å². The number of hydrogen-bond acceptors (Lipinski definition) is 2. The minimum Gasteiger partial charge on any atom is -0.374 e. The molecule has 114 valence electrons. The van der Waals surface area contributed by atoms with Crippen LogP contribution in [0.2, 0.25) is 0 Å². The molecule has 1 rings (SSSR count). The summed E-state index contributed by atoms with van der Waals surface area (Å²) >= 11 is 0. The maximum atomic E-state index is 13.0. The van der Waals surface area contributed by atoms with E-state index in [4.69, 9.17) is 4.74 Å². The zero-order chi connectivity index (χ0) is 15.0. The van der Waals surface area contributed by atoms with E-state index in [0.717, 1.165) is 31.4 Å². The smallest absolute Gasteiger partial charge is 0.123 e. The molecule has 1 aromatic carbocycles. The predicted octanol–water partition coefficient (Wildman–Crippen LogP) is 3.94. The zero-order valence-corrected chi connectivity index (χ0v) is 13.2. The van der Waals surface area contributed by atoms with Gasteiger partial charge < -0.3 is 10.1 Å². The molecule has 0 heterocycles. The Hall–Kier alpha value is -0.930. The fraction of sp³-hybridized carbons (Fsp3) is 0.647. The van der Waals surface area contributed by atoms with Crippen LogP contribution in [0.3, 0.4) is 0 Å². The van der Waals surface area contributed by atoms with E-state index in [1.807, 2.05) is 19.1 Å². The quantitative estimate of drug-likeness (QED) is 0.740. The lowest BCUT2D eigenvalue weighted by atomic mass is 9.88. The van der Waals surface area contributed by atoms with Gasteiger partial charge in [-0.3, -0.25) is 0 Å². The van der Waals surface area contributed by atoms with Crippen molar-refractivity contribution >= 4 is 0 Å². The Labute approximate surface area is 122 Å². The van der Waals surface area contributed by atoms with Gasteiger partial charge in [0, 0.05) is 12.6 Å². The first-order valence-corrected chi connectivity index (χ1v) is 7.67.